The van der Waals surface area contributed by atoms with Gasteiger partial charge in [-0.25, -0.2) is 0 Å². The molecule has 156 valence electrons. The van der Waals surface area contributed by atoms with Gasteiger partial charge in [-0.1, -0.05) is 48.0 Å². The monoisotopic (exact) mass is 396 g/mol. The van der Waals surface area contributed by atoms with Gasteiger partial charge >= 0.3 is 0 Å². The average Bonchev–Trinajstić information content (AvgIpc) is 2.67. The molecule has 0 spiro atoms. The minimum absolute atomic E-state index is 0.106. The van der Waals surface area contributed by atoms with Crippen LogP contribution < -0.4 is 10.1 Å². The molecule has 0 aliphatic rings. The molecular weight excluding hydrogens is 364 g/mol. The van der Waals surface area contributed by atoms with Crippen molar-refractivity contribution in [2.24, 2.45) is 0 Å². The zero-order valence-corrected chi connectivity index (χ0v) is 18.1. The molecule has 0 heterocycles. The van der Waals surface area contributed by atoms with Gasteiger partial charge in [0.2, 0.25) is 5.91 Å². The molecule has 2 aromatic rings. The largest absolute Gasteiger partial charge is 0.484 e. The van der Waals surface area contributed by atoms with Crippen molar-refractivity contribution in [1.29, 1.82) is 0 Å². The van der Waals surface area contributed by atoms with Gasteiger partial charge in [0.05, 0.1) is 0 Å². The molecule has 2 rings (SSSR count). The molecule has 29 heavy (non-hydrogen) atoms. The van der Waals surface area contributed by atoms with Crippen LogP contribution in [0.1, 0.15) is 38.8 Å². The van der Waals surface area contributed by atoms with E-state index in [9.17, 15) is 9.59 Å². The molecule has 0 saturated carbocycles. The Hall–Kier alpha value is -2.82. The Bertz CT molecular complexity index is 795. The number of nitrogens with zero attached hydrogens (tertiary/aromatic N) is 1. The van der Waals surface area contributed by atoms with Crippen LogP contribution in [0.15, 0.2) is 54.6 Å². The van der Waals surface area contributed by atoms with Crippen molar-refractivity contribution < 1.29 is 14.3 Å². The quantitative estimate of drug-likeness (QED) is 0.739. The zero-order valence-electron chi connectivity index (χ0n) is 18.1. The van der Waals surface area contributed by atoms with Gasteiger partial charge in [-0.2, -0.15) is 0 Å². The maximum Gasteiger partial charge on any atom is 0.261 e. The minimum Gasteiger partial charge on any atom is -0.484 e. The lowest BCUT2D eigenvalue weighted by Crippen LogP contribution is -2.53. The van der Waals surface area contributed by atoms with E-state index < -0.39 is 6.04 Å². The first-order chi connectivity index (χ1) is 13.7. The first-order valence-corrected chi connectivity index (χ1v) is 10.0. The molecule has 0 radical (unpaired) electrons. The third kappa shape index (κ3) is 7.60. The van der Waals surface area contributed by atoms with E-state index in [0.717, 1.165) is 11.1 Å². The van der Waals surface area contributed by atoms with Crippen LogP contribution in [0, 0.1) is 6.92 Å². The molecule has 0 aliphatic carbocycles. The summed E-state index contributed by atoms with van der Waals surface area (Å²) in [7, 11) is 0. The predicted octanol–water partition coefficient (Wildman–Crippen LogP) is 3.75. The van der Waals surface area contributed by atoms with E-state index in [1.807, 2.05) is 82.3 Å². The molecule has 2 amide bonds. The van der Waals surface area contributed by atoms with Crippen LogP contribution in [0.3, 0.4) is 0 Å². The van der Waals surface area contributed by atoms with Crippen LogP contribution >= 0.6 is 0 Å². The number of amides is 2. The summed E-state index contributed by atoms with van der Waals surface area (Å²) in [5, 5.41) is 2.96. The molecule has 0 aromatic heterocycles. The van der Waals surface area contributed by atoms with E-state index in [1.165, 1.54) is 0 Å². The number of benzene rings is 2. The Balaban J connectivity index is 2.07. The lowest BCUT2D eigenvalue weighted by Gasteiger charge is -2.31. The van der Waals surface area contributed by atoms with Gasteiger partial charge in [-0.15, -0.1) is 0 Å². The van der Waals surface area contributed by atoms with Crippen LogP contribution in [-0.2, 0) is 16.0 Å². The van der Waals surface area contributed by atoms with Crippen molar-refractivity contribution in [1.82, 2.24) is 10.2 Å². The third-order valence-corrected chi connectivity index (χ3v) is 4.53. The first-order valence-electron chi connectivity index (χ1n) is 10.0. The van der Waals surface area contributed by atoms with E-state index in [0.29, 0.717) is 18.7 Å². The number of carbonyl (C=O) groups excluding carboxylic acids is 2. The first kappa shape index (κ1) is 22.5. The second kappa shape index (κ2) is 10.1. The smallest absolute Gasteiger partial charge is 0.261 e. The standard InChI is InChI=1S/C24H32N2O3/c1-18-11-13-21(14-12-18)29-17-22(27)26(16-15-20-9-7-6-8-10-20)19(2)23(28)25-24(3,4)5/h6-14,19H,15-17H2,1-5H3,(H,25,28)/t19-/m1/s1. The Morgan fingerprint density at radius 3 is 2.24 bits per heavy atom. The van der Waals surface area contributed by atoms with Gasteiger partial charge in [0, 0.05) is 12.1 Å². The molecular formula is C24H32N2O3. The normalized spacial score (nSPS) is 12.2. The second-order valence-electron chi connectivity index (χ2n) is 8.34. The number of aryl methyl sites for hydroxylation is 1. The summed E-state index contributed by atoms with van der Waals surface area (Å²) in [6.07, 6.45) is 0.671. The second-order valence-corrected chi connectivity index (χ2v) is 8.34. The highest BCUT2D eigenvalue weighted by Gasteiger charge is 2.28. The fourth-order valence-electron chi connectivity index (χ4n) is 2.91. The van der Waals surface area contributed by atoms with Gasteiger partial charge in [-0.3, -0.25) is 9.59 Å². The fourth-order valence-corrected chi connectivity index (χ4v) is 2.91. The summed E-state index contributed by atoms with van der Waals surface area (Å²) in [4.78, 5) is 27.2. The van der Waals surface area contributed by atoms with Gasteiger partial charge in [0.1, 0.15) is 11.8 Å². The lowest BCUT2D eigenvalue weighted by molar-refractivity contribution is -0.142. The van der Waals surface area contributed by atoms with Crippen LogP contribution in [0.25, 0.3) is 0 Å². The van der Waals surface area contributed by atoms with Crippen molar-refractivity contribution in [3.63, 3.8) is 0 Å². The van der Waals surface area contributed by atoms with E-state index in [-0.39, 0.29) is 24.0 Å². The molecule has 0 fully saturated rings. The van der Waals surface area contributed by atoms with E-state index in [4.69, 9.17) is 4.74 Å². The number of carbonyl (C=O) groups is 2. The number of rotatable bonds is 8. The summed E-state index contributed by atoms with van der Waals surface area (Å²) in [6, 6.07) is 16.9. The van der Waals surface area contributed by atoms with Crippen LogP contribution in [-0.4, -0.2) is 41.4 Å². The topological polar surface area (TPSA) is 58.6 Å². The predicted molar refractivity (Wildman–Crippen MR) is 116 cm³/mol. The highest BCUT2D eigenvalue weighted by atomic mass is 16.5. The van der Waals surface area contributed by atoms with Crippen LogP contribution in [0.2, 0.25) is 0 Å². The molecule has 0 unspecified atom stereocenters. The van der Waals surface area contributed by atoms with Crippen molar-refractivity contribution in [3.05, 3.63) is 65.7 Å². The number of hydrogen-bond acceptors (Lipinski definition) is 3. The van der Waals surface area contributed by atoms with E-state index in [2.05, 4.69) is 5.32 Å². The maximum atomic E-state index is 12.9. The Labute approximate surface area is 174 Å². The van der Waals surface area contributed by atoms with Gasteiger partial charge in [0.25, 0.3) is 5.91 Å². The van der Waals surface area contributed by atoms with E-state index in [1.54, 1.807) is 11.8 Å². The highest BCUT2D eigenvalue weighted by Crippen LogP contribution is 2.13. The SMILES string of the molecule is Cc1ccc(OCC(=O)N(CCc2ccccc2)[C@H](C)C(=O)NC(C)(C)C)cc1. The number of ether oxygens (including phenoxy) is 1. The maximum absolute atomic E-state index is 12.9. The van der Waals surface area contributed by atoms with Crippen LogP contribution in [0.4, 0.5) is 0 Å². The van der Waals surface area contributed by atoms with Crippen molar-refractivity contribution in [2.75, 3.05) is 13.2 Å². The van der Waals surface area contributed by atoms with Crippen LogP contribution in [0.5, 0.6) is 5.75 Å². The van der Waals surface area contributed by atoms with Gasteiger partial charge in [-0.05, 0) is 58.7 Å². The Morgan fingerprint density at radius 2 is 1.66 bits per heavy atom. The molecule has 0 aliphatic heterocycles. The summed E-state index contributed by atoms with van der Waals surface area (Å²) >= 11 is 0. The Morgan fingerprint density at radius 1 is 1.03 bits per heavy atom. The highest BCUT2D eigenvalue weighted by molar-refractivity contribution is 5.88. The summed E-state index contributed by atoms with van der Waals surface area (Å²) in [5.74, 6) is 0.256. The summed E-state index contributed by atoms with van der Waals surface area (Å²) in [6.45, 7) is 9.87. The van der Waals surface area contributed by atoms with Crippen molar-refractivity contribution >= 4 is 11.8 Å². The van der Waals surface area contributed by atoms with Gasteiger partial charge in [0.15, 0.2) is 6.61 Å². The molecule has 2 aromatic carbocycles. The summed E-state index contributed by atoms with van der Waals surface area (Å²) < 4.78 is 5.66. The lowest BCUT2D eigenvalue weighted by atomic mass is 10.1. The molecule has 1 N–H and O–H groups in total. The van der Waals surface area contributed by atoms with Crippen molar-refractivity contribution in [3.8, 4) is 5.75 Å². The third-order valence-electron chi connectivity index (χ3n) is 4.53. The Kier molecular flexibility index (Phi) is 7.82. The molecule has 0 bridgehead atoms. The summed E-state index contributed by atoms with van der Waals surface area (Å²) in [5.41, 5.74) is 1.88. The number of hydrogen-bond donors (Lipinski definition) is 1. The molecule has 1 atom stereocenters. The minimum atomic E-state index is -0.591. The van der Waals surface area contributed by atoms with Gasteiger partial charge < -0.3 is 15.0 Å². The molecule has 5 heteroatoms. The average molecular weight is 397 g/mol. The van der Waals surface area contributed by atoms with E-state index >= 15 is 0 Å². The van der Waals surface area contributed by atoms with Crippen molar-refractivity contribution in [2.45, 2.75) is 52.6 Å². The molecule has 5 nitrogen and oxygen atoms in total. The molecule has 0 saturated heterocycles. The zero-order chi connectivity index (χ0) is 21.4. The number of nitrogens with one attached hydrogen (secondary N) is 1. The fraction of sp³-hybridized carbons (Fsp3) is 0.417.